The van der Waals surface area contributed by atoms with Gasteiger partial charge in [0.1, 0.15) is 6.54 Å². The molecule has 1 amide bonds. The first-order valence-electron chi connectivity index (χ1n) is 6.27. The Labute approximate surface area is 119 Å². The average molecular weight is 298 g/mol. The van der Waals surface area contributed by atoms with Gasteiger partial charge < -0.3 is 9.73 Å². The quantitative estimate of drug-likeness (QED) is 0.923. The lowest BCUT2D eigenvalue weighted by Gasteiger charge is -2.07. The Kier molecular flexibility index (Phi) is 4.62. The van der Waals surface area contributed by atoms with E-state index in [1.807, 2.05) is 30.3 Å². The predicted octanol–water partition coefficient (Wildman–Crippen LogP) is 2.95. The topological polar surface area (TPSA) is 55.1 Å². The van der Waals surface area contributed by atoms with Crippen LogP contribution in [0.2, 0.25) is 0 Å². The molecular weight excluding hydrogens is 285 g/mol. The number of nitrogens with one attached hydrogen (secondary N) is 1. The average Bonchev–Trinajstić information content (AvgIpc) is 2.92. The monoisotopic (exact) mass is 298 g/mol. The number of oxazole rings is 1. The van der Waals surface area contributed by atoms with Crippen molar-refractivity contribution in [2.75, 3.05) is 6.54 Å². The molecule has 1 aromatic carbocycles. The minimum Gasteiger partial charge on any atom is -0.441 e. The minimum atomic E-state index is -4.40. The Hall–Kier alpha value is -2.31. The number of benzene rings is 1. The Bertz CT molecular complexity index is 594. The molecular formula is C14H13F3N2O2. The van der Waals surface area contributed by atoms with Crippen LogP contribution in [0.1, 0.15) is 12.3 Å². The van der Waals surface area contributed by atoms with Gasteiger partial charge in [-0.15, -0.1) is 0 Å². The molecule has 0 aliphatic carbocycles. The molecule has 0 aliphatic heterocycles. The van der Waals surface area contributed by atoms with E-state index < -0.39 is 18.6 Å². The summed E-state index contributed by atoms with van der Waals surface area (Å²) in [6, 6.07) is 9.26. The van der Waals surface area contributed by atoms with Crippen molar-refractivity contribution in [2.24, 2.45) is 0 Å². The minimum absolute atomic E-state index is 0.106. The van der Waals surface area contributed by atoms with E-state index in [1.54, 1.807) is 5.32 Å². The van der Waals surface area contributed by atoms with Crippen LogP contribution in [0, 0.1) is 0 Å². The van der Waals surface area contributed by atoms with Gasteiger partial charge in [0, 0.05) is 18.4 Å². The maximum absolute atomic E-state index is 11.9. The van der Waals surface area contributed by atoms with Crippen molar-refractivity contribution < 1.29 is 22.4 Å². The van der Waals surface area contributed by atoms with Gasteiger partial charge >= 0.3 is 6.18 Å². The molecule has 2 aromatic rings. The summed E-state index contributed by atoms with van der Waals surface area (Å²) in [4.78, 5) is 15.3. The van der Waals surface area contributed by atoms with Crippen LogP contribution in [0.4, 0.5) is 13.2 Å². The van der Waals surface area contributed by atoms with E-state index in [9.17, 15) is 18.0 Å². The highest BCUT2D eigenvalue weighted by atomic mass is 19.4. The maximum Gasteiger partial charge on any atom is 0.405 e. The highest BCUT2D eigenvalue weighted by molar-refractivity contribution is 5.76. The second kappa shape index (κ2) is 6.43. The van der Waals surface area contributed by atoms with Gasteiger partial charge in [0.2, 0.25) is 5.91 Å². The highest BCUT2D eigenvalue weighted by Crippen LogP contribution is 2.20. The first-order valence-corrected chi connectivity index (χ1v) is 6.27. The van der Waals surface area contributed by atoms with Gasteiger partial charge in [0.15, 0.2) is 11.7 Å². The normalized spacial score (nSPS) is 11.4. The number of aromatic nitrogens is 1. The first kappa shape index (κ1) is 15.1. The van der Waals surface area contributed by atoms with Crippen molar-refractivity contribution in [1.29, 1.82) is 0 Å². The lowest BCUT2D eigenvalue weighted by molar-refractivity contribution is -0.138. The number of aryl methyl sites for hydroxylation is 1. The van der Waals surface area contributed by atoms with Gasteiger partial charge in [0.25, 0.3) is 0 Å². The summed E-state index contributed by atoms with van der Waals surface area (Å²) in [5.41, 5.74) is 0.845. The Balaban J connectivity index is 1.85. The fourth-order valence-corrected chi connectivity index (χ4v) is 1.67. The van der Waals surface area contributed by atoms with Crippen LogP contribution in [0.25, 0.3) is 11.3 Å². The fourth-order valence-electron chi connectivity index (χ4n) is 1.67. The summed E-state index contributed by atoms with van der Waals surface area (Å²) in [5, 5.41) is 1.80. The number of hydrogen-bond acceptors (Lipinski definition) is 3. The lowest BCUT2D eigenvalue weighted by Crippen LogP contribution is -2.33. The van der Waals surface area contributed by atoms with Crippen molar-refractivity contribution in [3.63, 3.8) is 0 Å². The van der Waals surface area contributed by atoms with Crippen LogP contribution in [0.15, 0.2) is 40.9 Å². The van der Waals surface area contributed by atoms with E-state index in [0.29, 0.717) is 11.7 Å². The molecule has 1 N–H and O–H groups in total. The molecule has 1 heterocycles. The summed E-state index contributed by atoms with van der Waals surface area (Å²) in [6.07, 6.45) is -2.83. The second-order valence-corrected chi connectivity index (χ2v) is 4.38. The largest absolute Gasteiger partial charge is 0.441 e. The van der Waals surface area contributed by atoms with Crippen LogP contribution >= 0.6 is 0 Å². The summed E-state index contributed by atoms with van der Waals surface area (Å²) in [5.74, 6) is 0.184. The highest BCUT2D eigenvalue weighted by Gasteiger charge is 2.27. The molecule has 0 spiro atoms. The molecule has 1 aromatic heterocycles. The first-order chi connectivity index (χ1) is 9.94. The maximum atomic E-state index is 11.9. The third-order valence-electron chi connectivity index (χ3n) is 2.66. The molecule has 0 bridgehead atoms. The summed E-state index contributed by atoms with van der Waals surface area (Å²) in [6.45, 7) is -1.33. The van der Waals surface area contributed by atoms with Crippen LogP contribution in [0.3, 0.4) is 0 Å². The van der Waals surface area contributed by atoms with Gasteiger partial charge in [-0.25, -0.2) is 4.98 Å². The molecule has 0 saturated heterocycles. The number of carbonyl (C=O) groups is 1. The molecule has 2 rings (SSSR count). The SMILES string of the molecule is O=C(CCc1ncc(-c2ccccc2)o1)NCC(F)(F)F. The predicted molar refractivity (Wildman–Crippen MR) is 69.3 cm³/mol. The van der Waals surface area contributed by atoms with Gasteiger partial charge in [-0.05, 0) is 0 Å². The number of alkyl halides is 3. The van der Waals surface area contributed by atoms with Crippen molar-refractivity contribution in [3.05, 3.63) is 42.4 Å². The Morgan fingerprint density at radius 3 is 2.62 bits per heavy atom. The summed E-state index contributed by atoms with van der Waals surface area (Å²) >= 11 is 0. The van der Waals surface area contributed by atoms with E-state index in [2.05, 4.69) is 4.98 Å². The molecule has 4 nitrogen and oxygen atoms in total. The van der Waals surface area contributed by atoms with E-state index >= 15 is 0 Å². The fraction of sp³-hybridized carbons (Fsp3) is 0.286. The molecule has 112 valence electrons. The van der Waals surface area contributed by atoms with Gasteiger partial charge in [-0.3, -0.25) is 4.79 Å². The van der Waals surface area contributed by atoms with E-state index in [1.165, 1.54) is 6.20 Å². The van der Waals surface area contributed by atoms with Crippen molar-refractivity contribution >= 4 is 5.91 Å². The van der Waals surface area contributed by atoms with Crippen molar-refractivity contribution in [2.45, 2.75) is 19.0 Å². The number of amides is 1. The van der Waals surface area contributed by atoms with E-state index in [4.69, 9.17) is 4.42 Å². The zero-order valence-corrected chi connectivity index (χ0v) is 11.0. The summed E-state index contributed by atoms with van der Waals surface area (Å²) < 4.78 is 41.2. The smallest absolute Gasteiger partial charge is 0.405 e. The third kappa shape index (κ3) is 4.94. The molecule has 0 aliphatic rings. The molecule has 0 unspecified atom stereocenters. The van der Waals surface area contributed by atoms with Crippen molar-refractivity contribution in [3.8, 4) is 11.3 Å². The van der Waals surface area contributed by atoms with Crippen LogP contribution in [-0.2, 0) is 11.2 Å². The zero-order chi connectivity index (χ0) is 15.3. The Morgan fingerprint density at radius 1 is 1.24 bits per heavy atom. The van der Waals surface area contributed by atoms with Gasteiger partial charge in [-0.1, -0.05) is 30.3 Å². The lowest BCUT2D eigenvalue weighted by atomic mass is 10.2. The van der Waals surface area contributed by atoms with E-state index in [-0.39, 0.29) is 12.8 Å². The zero-order valence-electron chi connectivity index (χ0n) is 11.0. The number of halogens is 3. The van der Waals surface area contributed by atoms with E-state index in [0.717, 1.165) is 5.56 Å². The summed E-state index contributed by atoms with van der Waals surface area (Å²) in [7, 11) is 0. The molecule has 0 radical (unpaired) electrons. The third-order valence-corrected chi connectivity index (χ3v) is 2.66. The van der Waals surface area contributed by atoms with Crippen LogP contribution in [0.5, 0.6) is 0 Å². The van der Waals surface area contributed by atoms with Crippen LogP contribution < -0.4 is 5.32 Å². The van der Waals surface area contributed by atoms with Gasteiger partial charge in [0.05, 0.1) is 6.20 Å². The number of hydrogen-bond donors (Lipinski definition) is 1. The second-order valence-electron chi connectivity index (χ2n) is 4.38. The standard InChI is InChI=1S/C14H13F3N2O2/c15-14(16,17)9-19-12(20)6-7-13-18-8-11(21-13)10-4-2-1-3-5-10/h1-5,8H,6-7,9H2,(H,19,20). The molecule has 0 saturated carbocycles. The van der Waals surface area contributed by atoms with Crippen LogP contribution in [-0.4, -0.2) is 23.6 Å². The number of nitrogens with zero attached hydrogens (tertiary/aromatic N) is 1. The van der Waals surface area contributed by atoms with Crippen molar-refractivity contribution in [1.82, 2.24) is 10.3 Å². The number of carbonyl (C=O) groups excluding carboxylic acids is 1. The number of rotatable bonds is 5. The molecule has 7 heteroatoms. The van der Waals surface area contributed by atoms with Gasteiger partial charge in [-0.2, -0.15) is 13.2 Å². The molecule has 21 heavy (non-hydrogen) atoms. The molecule has 0 atom stereocenters. The Morgan fingerprint density at radius 2 is 1.95 bits per heavy atom. The molecule has 0 fully saturated rings.